The molecule has 1 fully saturated rings. The van der Waals surface area contributed by atoms with Crippen molar-refractivity contribution in [3.8, 4) is 0 Å². The molecule has 3 heterocycles. The first-order valence-electron chi connectivity index (χ1n) is 12.0. The molecule has 1 aromatic carbocycles. The first-order valence-corrected chi connectivity index (χ1v) is 12.0. The van der Waals surface area contributed by atoms with Gasteiger partial charge in [0.2, 0.25) is 11.8 Å². The Morgan fingerprint density at radius 1 is 1.03 bits per heavy atom. The van der Waals surface area contributed by atoms with Gasteiger partial charge < -0.3 is 24.0 Å². The number of benzene rings is 1. The van der Waals surface area contributed by atoms with E-state index in [1.54, 1.807) is 11.2 Å². The number of carbonyl (C=O) groups excluding carboxylic acids is 2. The van der Waals surface area contributed by atoms with Gasteiger partial charge in [0.15, 0.2) is 0 Å². The van der Waals surface area contributed by atoms with Crippen LogP contribution in [0.15, 0.2) is 26.0 Å². The molecule has 4 rings (SSSR count). The van der Waals surface area contributed by atoms with Crippen LogP contribution in [0.25, 0.3) is 21.9 Å². The maximum absolute atomic E-state index is 13.1. The third kappa shape index (κ3) is 5.26. The first-order chi connectivity index (χ1) is 16.7. The van der Waals surface area contributed by atoms with Crippen LogP contribution in [0.4, 0.5) is 0 Å². The van der Waals surface area contributed by atoms with Gasteiger partial charge in [0.1, 0.15) is 11.2 Å². The Kier molecular flexibility index (Phi) is 7.28. The lowest BCUT2D eigenvalue weighted by atomic mass is 9.99. The van der Waals surface area contributed by atoms with Crippen LogP contribution in [-0.4, -0.2) is 86.4 Å². The zero-order valence-electron chi connectivity index (χ0n) is 21.2. The molecule has 0 aliphatic carbocycles. The van der Waals surface area contributed by atoms with E-state index in [9.17, 15) is 14.4 Å². The maximum atomic E-state index is 13.1. The van der Waals surface area contributed by atoms with E-state index in [2.05, 4.69) is 5.32 Å². The average molecular weight is 483 g/mol. The molecule has 1 saturated heterocycles. The first kappa shape index (κ1) is 24.9. The van der Waals surface area contributed by atoms with Gasteiger partial charge in [-0.25, -0.2) is 4.79 Å². The molecule has 0 saturated carbocycles. The van der Waals surface area contributed by atoms with Crippen LogP contribution in [0.1, 0.15) is 22.3 Å². The SMILES string of the molecule is Cc1coc2c(C)c3oc(=O)c(CC(=O)N4CCN(CC(=O)NCCN(C)C)CC4)c(C)c3cc12. The van der Waals surface area contributed by atoms with Crippen molar-refractivity contribution < 1.29 is 18.4 Å². The van der Waals surface area contributed by atoms with Gasteiger partial charge >= 0.3 is 5.63 Å². The number of carbonyl (C=O) groups is 2. The van der Waals surface area contributed by atoms with Crippen molar-refractivity contribution in [2.45, 2.75) is 27.2 Å². The highest BCUT2D eigenvalue weighted by Crippen LogP contribution is 2.32. The fraction of sp³-hybridized carbons (Fsp3) is 0.500. The van der Waals surface area contributed by atoms with Gasteiger partial charge in [-0.1, -0.05) is 0 Å². The second-order valence-electron chi connectivity index (χ2n) is 9.65. The molecule has 1 aliphatic heterocycles. The topological polar surface area (TPSA) is 99.2 Å². The van der Waals surface area contributed by atoms with E-state index in [0.29, 0.717) is 56.0 Å². The molecule has 1 N–H and O–H groups in total. The van der Waals surface area contributed by atoms with Gasteiger partial charge in [-0.15, -0.1) is 0 Å². The summed E-state index contributed by atoms with van der Waals surface area (Å²) in [5.74, 6) is -0.111. The Labute approximate surface area is 204 Å². The molecule has 0 spiro atoms. The van der Waals surface area contributed by atoms with Crippen LogP contribution in [0.3, 0.4) is 0 Å². The Balaban J connectivity index is 1.42. The van der Waals surface area contributed by atoms with E-state index in [0.717, 1.165) is 34.0 Å². The lowest BCUT2D eigenvalue weighted by Crippen LogP contribution is -2.51. The number of piperazine rings is 1. The van der Waals surface area contributed by atoms with Crippen LogP contribution >= 0.6 is 0 Å². The van der Waals surface area contributed by atoms with Gasteiger partial charge in [-0.2, -0.15) is 0 Å². The minimum atomic E-state index is -0.484. The minimum absolute atomic E-state index is 0.00339. The molecule has 188 valence electrons. The highest BCUT2D eigenvalue weighted by molar-refractivity contribution is 6.00. The van der Waals surface area contributed by atoms with Gasteiger partial charge in [-0.3, -0.25) is 14.5 Å². The van der Waals surface area contributed by atoms with Crippen molar-refractivity contribution in [1.82, 2.24) is 20.0 Å². The molecule has 9 nitrogen and oxygen atoms in total. The highest BCUT2D eigenvalue weighted by atomic mass is 16.4. The molecular weight excluding hydrogens is 448 g/mol. The lowest BCUT2D eigenvalue weighted by Gasteiger charge is -2.34. The summed E-state index contributed by atoms with van der Waals surface area (Å²) in [6, 6.07) is 1.98. The molecule has 0 bridgehead atoms. The molecule has 3 aromatic rings. The van der Waals surface area contributed by atoms with E-state index in [1.807, 2.05) is 50.7 Å². The number of likely N-dealkylation sites (N-methyl/N-ethyl adjacent to an activating group) is 1. The fourth-order valence-corrected chi connectivity index (χ4v) is 4.62. The van der Waals surface area contributed by atoms with Crippen molar-refractivity contribution in [2.24, 2.45) is 0 Å². The molecule has 2 aromatic heterocycles. The number of nitrogens with one attached hydrogen (secondary N) is 1. The lowest BCUT2D eigenvalue weighted by molar-refractivity contribution is -0.132. The Morgan fingerprint density at radius 2 is 1.74 bits per heavy atom. The number of nitrogens with zero attached hydrogens (tertiary/aromatic N) is 3. The van der Waals surface area contributed by atoms with E-state index in [1.165, 1.54) is 0 Å². The zero-order valence-corrected chi connectivity index (χ0v) is 21.2. The molecular formula is C26H34N4O5. The second-order valence-corrected chi connectivity index (χ2v) is 9.65. The normalized spacial score (nSPS) is 14.9. The number of amides is 2. The predicted octanol–water partition coefficient (Wildman–Crippen LogP) is 1.83. The van der Waals surface area contributed by atoms with E-state index >= 15 is 0 Å². The summed E-state index contributed by atoms with van der Waals surface area (Å²) in [4.78, 5) is 43.9. The number of fused-ring (bicyclic) bond motifs is 2. The summed E-state index contributed by atoms with van der Waals surface area (Å²) in [5.41, 5.74) is 3.69. The zero-order chi connectivity index (χ0) is 25.3. The summed E-state index contributed by atoms with van der Waals surface area (Å²) in [6.45, 7) is 9.74. The molecule has 0 unspecified atom stereocenters. The van der Waals surface area contributed by atoms with Crippen LogP contribution in [0, 0.1) is 20.8 Å². The molecule has 0 atom stereocenters. The van der Waals surface area contributed by atoms with Crippen molar-refractivity contribution in [3.05, 3.63) is 45.0 Å². The highest BCUT2D eigenvalue weighted by Gasteiger charge is 2.25. The largest absolute Gasteiger partial charge is 0.464 e. The number of aryl methyl sites for hydroxylation is 3. The third-order valence-electron chi connectivity index (χ3n) is 6.84. The molecule has 1 aliphatic rings. The Morgan fingerprint density at radius 3 is 2.43 bits per heavy atom. The average Bonchev–Trinajstić information content (AvgIpc) is 3.18. The van der Waals surface area contributed by atoms with Gasteiger partial charge in [-0.05, 0) is 52.1 Å². The molecule has 9 heteroatoms. The van der Waals surface area contributed by atoms with E-state index in [-0.39, 0.29) is 18.2 Å². The van der Waals surface area contributed by atoms with Crippen molar-refractivity contribution in [1.29, 1.82) is 0 Å². The second kappa shape index (κ2) is 10.2. The minimum Gasteiger partial charge on any atom is -0.464 e. The smallest absolute Gasteiger partial charge is 0.340 e. The van der Waals surface area contributed by atoms with Crippen LogP contribution in [0.5, 0.6) is 0 Å². The quantitative estimate of drug-likeness (QED) is 0.513. The predicted molar refractivity (Wildman–Crippen MR) is 135 cm³/mol. The van der Waals surface area contributed by atoms with Crippen LogP contribution < -0.4 is 10.9 Å². The monoisotopic (exact) mass is 482 g/mol. The van der Waals surface area contributed by atoms with E-state index < -0.39 is 5.63 Å². The summed E-state index contributed by atoms with van der Waals surface area (Å²) in [7, 11) is 3.93. The maximum Gasteiger partial charge on any atom is 0.340 e. The van der Waals surface area contributed by atoms with Crippen molar-refractivity contribution in [2.75, 3.05) is 59.9 Å². The number of furan rings is 1. The standard InChI is InChI=1S/C26H34N4O5/c1-16-15-34-24-18(3)25-20(12-19(16)24)17(2)21(26(33)35-25)13-23(32)30-10-8-29(9-11-30)14-22(31)27-6-7-28(4)5/h12,15H,6-11,13-14H2,1-5H3,(H,27,31). The molecule has 0 radical (unpaired) electrons. The van der Waals surface area contributed by atoms with Crippen molar-refractivity contribution in [3.63, 3.8) is 0 Å². The van der Waals surface area contributed by atoms with Gasteiger partial charge in [0, 0.05) is 55.6 Å². The van der Waals surface area contributed by atoms with Gasteiger partial charge in [0.05, 0.1) is 24.8 Å². The molecule has 35 heavy (non-hydrogen) atoms. The summed E-state index contributed by atoms with van der Waals surface area (Å²) >= 11 is 0. The summed E-state index contributed by atoms with van der Waals surface area (Å²) in [6.07, 6.45) is 1.69. The summed E-state index contributed by atoms with van der Waals surface area (Å²) < 4.78 is 11.3. The number of hydrogen-bond donors (Lipinski definition) is 1. The van der Waals surface area contributed by atoms with Crippen LogP contribution in [-0.2, 0) is 16.0 Å². The van der Waals surface area contributed by atoms with E-state index in [4.69, 9.17) is 8.83 Å². The van der Waals surface area contributed by atoms with Crippen LogP contribution in [0.2, 0.25) is 0 Å². The number of rotatable bonds is 7. The van der Waals surface area contributed by atoms with Crippen molar-refractivity contribution >= 4 is 33.8 Å². The number of hydrogen-bond acceptors (Lipinski definition) is 7. The Bertz CT molecular complexity index is 1320. The van der Waals surface area contributed by atoms with Gasteiger partial charge in [0.25, 0.3) is 0 Å². The fourth-order valence-electron chi connectivity index (χ4n) is 4.62. The Hall–Kier alpha value is -3.17. The summed E-state index contributed by atoms with van der Waals surface area (Å²) in [5, 5.41) is 4.72. The third-order valence-corrected chi connectivity index (χ3v) is 6.84. The molecule has 2 amide bonds.